The Balaban J connectivity index is 2.30. The molecule has 0 bridgehead atoms. The zero-order valence-electron chi connectivity index (χ0n) is 12.4. The molecule has 7 heteroatoms. The number of aryl methyl sites for hydroxylation is 2. The average Bonchev–Trinajstić information content (AvgIpc) is 2.40. The van der Waals surface area contributed by atoms with E-state index in [-0.39, 0.29) is 6.61 Å². The Morgan fingerprint density at radius 2 is 1.73 bits per heavy atom. The van der Waals surface area contributed by atoms with Crippen LogP contribution in [0.4, 0.5) is 0 Å². The SMILES string of the molecule is Cc1cc2c(cc1C)C(O)C(N(CC(=O)O)CC(=O)O)CO2. The van der Waals surface area contributed by atoms with Crippen LogP contribution >= 0.6 is 0 Å². The number of carboxylic acids is 2. The first-order chi connectivity index (χ1) is 10.3. The van der Waals surface area contributed by atoms with Gasteiger partial charge in [-0.2, -0.15) is 0 Å². The molecule has 2 unspecified atom stereocenters. The summed E-state index contributed by atoms with van der Waals surface area (Å²) in [4.78, 5) is 23.1. The largest absolute Gasteiger partial charge is 0.491 e. The van der Waals surface area contributed by atoms with Gasteiger partial charge in [-0.25, -0.2) is 0 Å². The molecular weight excluding hydrogens is 290 g/mol. The van der Waals surface area contributed by atoms with Gasteiger partial charge < -0.3 is 20.1 Å². The van der Waals surface area contributed by atoms with Crippen molar-refractivity contribution in [3.05, 3.63) is 28.8 Å². The second-order valence-corrected chi connectivity index (χ2v) is 5.49. The van der Waals surface area contributed by atoms with Gasteiger partial charge in [0.05, 0.1) is 19.1 Å². The van der Waals surface area contributed by atoms with Crippen LogP contribution in [0.3, 0.4) is 0 Å². The first-order valence-electron chi connectivity index (χ1n) is 6.89. The van der Waals surface area contributed by atoms with Crippen molar-refractivity contribution < 1.29 is 29.6 Å². The van der Waals surface area contributed by atoms with E-state index in [1.807, 2.05) is 19.9 Å². The third-order valence-electron chi connectivity index (χ3n) is 3.86. The van der Waals surface area contributed by atoms with Crippen molar-refractivity contribution in [3.63, 3.8) is 0 Å². The normalized spacial score (nSPS) is 20.4. The summed E-state index contributed by atoms with van der Waals surface area (Å²) in [7, 11) is 0. The van der Waals surface area contributed by atoms with Crippen molar-refractivity contribution in [3.8, 4) is 5.75 Å². The molecule has 7 nitrogen and oxygen atoms in total. The smallest absolute Gasteiger partial charge is 0.317 e. The number of benzene rings is 1. The lowest BCUT2D eigenvalue weighted by molar-refractivity contribution is -0.144. The number of carbonyl (C=O) groups is 2. The Labute approximate surface area is 127 Å². The predicted molar refractivity (Wildman–Crippen MR) is 77.0 cm³/mol. The van der Waals surface area contributed by atoms with Gasteiger partial charge >= 0.3 is 11.9 Å². The number of fused-ring (bicyclic) bond motifs is 1. The maximum Gasteiger partial charge on any atom is 0.317 e. The van der Waals surface area contributed by atoms with Gasteiger partial charge in [-0.3, -0.25) is 14.5 Å². The molecule has 1 aromatic rings. The van der Waals surface area contributed by atoms with Crippen molar-refractivity contribution >= 4 is 11.9 Å². The van der Waals surface area contributed by atoms with Gasteiger partial charge in [0.25, 0.3) is 0 Å². The van der Waals surface area contributed by atoms with E-state index in [1.54, 1.807) is 6.07 Å². The second kappa shape index (κ2) is 6.33. The fourth-order valence-electron chi connectivity index (χ4n) is 2.58. The molecular formula is C15H19NO6. The zero-order valence-corrected chi connectivity index (χ0v) is 12.4. The van der Waals surface area contributed by atoms with Crippen LogP contribution < -0.4 is 4.74 Å². The van der Waals surface area contributed by atoms with Gasteiger partial charge in [-0.05, 0) is 37.1 Å². The van der Waals surface area contributed by atoms with E-state index in [0.29, 0.717) is 11.3 Å². The number of carboxylic acid groups (broad SMARTS) is 2. The zero-order chi connectivity index (χ0) is 16.4. The molecule has 1 aromatic carbocycles. The summed E-state index contributed by atoms with van der Waals surface area (Å²) < 4.78 is 5.60. The van der Waals surface area contributed by atoms with E-state index in [0.717, 1.165) is 11.1 Å². The summed E-state index contributed by atoms with van der Waals surface area (Å²) in [6.45, 7) is 2.92. The quantitative estimate of drug-likeness (QED) is 0.730. The molecule has 0 saturated carbocycles. The molecule has 0 fully saturated rings. The minimum atomic E-state index is -1.15. The minimum absolute atomic E-state index is 0.0389. The van der Waals surface area contributed by atoms with Crippen LogP contribution in [0.5, 0.6) is 5.75 Å². The molecule has 0 saturated heterocycles. The van der Waals surface area contributed by atoms with Crippen molar-refractivity contribution in [2.75, 3.05) is 19.7 Å². The number of aliphatic carboxylic acids is 2. The summed E-state index contributed by atoms with van der Waals surface area (Å²) in [5.41, 5.74) is 2.56. The third-order valence-corrected chi connectivity index (χ3v) is 3.86. The lowest BCUT2D eigenvalue weighted by Crippen LogP contribution is -2.49. The Kier molecular flexibility index (Phi) is 4.68. The molecule has 0 spiro atoms. The molecule has 3 N–H and O–H groups in total. The highest BCUT2D eigenvalue weighted by Crippen LogP contribution is 2.36. The summed E-state index contributed by atoms with van der Waals surface area (Å²) in [6.07, 6.45) is -0.998. The topological polar surface area (TPSA) is 107 Å². The standard InChI is InChI=1S/C15H19NO6/c1-8-3-10-12(4-9(8)2)22-7-11(15(10)21)16(5-13(17)18)6-14(19)20/h3-4,11,15,21H,5-7H2,1-2H3,(H,17,18)(H,19,20). The maximum atomic E-state index is 10.9. The van der Waals surface area contributed by atoms with E-state index >= 15 is 0 Å². The molecule has 2 rings (SSSR count). The fraction of sp³-hybridized carbons (Fsp3) is 0.467. The third kappa shape index (κ3) is 3.37. The summed E-state index contributed by atoms with van der Waals surface area (Å²) >= 11 is 0. The maximum absolute atomic E-state index is 10.9. The van der Waals surface area contributed by atoms with Crippen molar-refractivity contribution in [2.24, 2.45) is 0 Å². The molecule has 0 aromatic heterocycles. The number of rotatable bonds is 5. The minimum Gasteiger partial charge on any atom is -0.491 e. The van der Waals surface area contributed by atoms with E-state index in [1.165, 1.54) is 4.90 Å². The summed E-state index contributed by atoms with van der Waals surface area (Å²) in [6, 6.07) is 2.89. The van der Waals surface area contributed by atoms with Crippen molar-refractivity contribution in [1.82, 2.24) is 4.90 Å². The van der Waals surface area contributed by atoms with Crippen LogP contribution in [-0.2, 0) is 9.59 Å². The number of aliphatic hydroxyl groups excluding tert-OH is 1. The molecule has 2 atom stereocenters. The number of hydrogen-bond acceptors (Lipinski definition) is 5. The molecule has 1 heterocycles. The first kappa shape index (κ1) is 16.3. The van der Waals surface area contributed by atoms with E-state index < -0.39 is 37.2 Å². The van der Waals surface area contributed by atoms with Gasteiger partial charge in [0.2, 0.25) is 0 Å². The van der Waals surface area contributed by atoms with Gasteiger partial charge in [-0.15, -0.1) is 0 Å². The van der Waals surface area contributed by atoms with Gasteiger partial charge in [0, 0.05) is 5.56 Å². The molecule has 1 aliphatic heterocycles. The summed E-state index contributed by atoms with van der Waals surface area (Å²) in [5, 5.41) is 28.4. The predicted octanol–water partition coefficient (Wildman–Crippen LogP) is 0.569. The Morgan fingerprint density at radius 3 is 2.27 bits per heavy atom. The van der Waals surface area contributed by atoms with Crippen LogP contribution in [0.15, 0.2) is 12.1 Å². The molecule has 0 aliphatic carbocycles. The number of nitrogens with zero attached hydrogens (tertiary/aromatic N) is 1. The fourth-order valence-corrected chi connectivity index (χ4v) is 2.58. The van der Waals surface area contributed by atoms with Crippen LogP contribution in [-0.4, -0.2) is 57.9 Å². The molecule has 1 aliphatic rings. The van der Waals surface area contributed by atoms with Crippen LogP contribution in [0.2, 0.25) is 0 Å². The van der Waals surface area contributed by atoms with E-state index in [4.69, 9.17) is 14.9 Å². The Bertz CT molecular complexity index is 584. The van der Waals surface area contributed by atoms with Crippen LogP contribution in [0, 0.1) is 13.8 Å². The van der Waals surface area contributed by atoms with Crippen molar-refractivity contribution in [2.45, 2.75) is 26.0 Å². The first-order valence-corrected chi connectivity index (χ1v) is 6.89. The Hall–Kier alpha value is -2.12. The molecule has 22 heavy (non-hydrogen) atoms. The van der Waals surface area contributed by atoms with Gasteiger partial charge in [0.1, 0.15) is 18.5 Å². The Morgan fingerprint density at radius 1 is 1.18 bits per heavy atom. The summed E-state index contributed by atoms with van der Waals surface area (Å²) in [5.74, 6) is -1.75. The van der Waals surface area contributed by atoms with Crippen molar-refractivity contribution in [1.29, 1.82) is 0 Å². The number of hydrogen-bond donors (Lipinski definition) is 3. The molecule has 120 valence electrons. The lowest BCUT2D eigenvalue weighted by atomic mass is 9.94. The highest BCUT2D eigenvalue weighted by Gasteiger charge is 2.35. The van der Waals surface area contributed by atoms with E-state index in [9.17, 15) is 14.7 Å². The van der Waals surface area contributed by atoms with Gasteiger partial charge in [0.15, 0.2) is 0 Å². The van der Waals surface area contributed by atoms with Gasteiger partial charge in [-0.1, -0.05) is 0 Å². The van der Waals surface area contributed by atoms with Crippen LogP contribution in [0.1, 0.15) is 22.8 Å². The second-order valence-electron chi connectivity index (χ2n) is 5.49. The number of aliphatic hydroxyl groups is 1. The highest BCUT2D eigenvalue weighted by atomic mass is 16.5. The monoisotopic (exact) mass is 309 g/mol. The number of ether oxygens (including phenoxy) is 1. The van der Waals surface area contributed by atoms with E-state index in [2.05, 4.69) is 0 Å². The molecule has 0 amide bonds. The highest BCUT2D eigenvalue weighted by molar-refractivity contribution is 5.72. The van der Waals surface area contributed by atoms with Crippen LogP contribution in [0.25, 0.3) is 0 Å². The average molecular weight is 309 g/mol. The lowest BCUT2D eigenvalue weighted by Gasteiger charge is -2.37. The molecule has 0 radical (unpaired) electrons.